The van der Waals surface area contributed by atoms with E-state index in [1.54, 1.807) is 0 Å². The van der Waals surface area contributed by atoms with E-state index >= 15 is 0 Å². The quantitative estimate of drug-likeness (QED) is 0.616. The molecule has 0 aromatic carbocycles. The predicted octanol–water partition coefficient (Wildman–Crippen LogP) is -0.584. The number of H-pyrrole nitrogens is 1. The molecule has 0 saturated carbocycles. The molecule has 2 heterocycles. The van der Waals surface area contributed by atoms with E-state index in [4.69, 9.17) is 0 Å². The molecule has 0 saturated heterocycles. The Kier molecular flexibility index (Phi) is 1.49. The number of imidazole rings is 1. The van der Waals surface area contributed by atoms with Gasteiger partial charge in [0.2, 0.25) is 15.0 Å². The van der Waals surface area contributed by atoms with Crippen molar-refractivity contribution in [3.63, 3.8) is 0 Å². The average molecular weight is 187 g/mol. The first-order valence-electron chi connectivity index (χ1n) is 3.56. The van der Waals surface area contributed by atoms with Crippen molar-refractivity contribution in [3.8, 4) is 0 Å². The van der Waals surface area contributed by atoms with Crippen LogP contribution in [-0.4, -0.2) is 24.6 Å². The highest BCUT2D eigenvalue weighted by atomic mass is 32.2. The number of rotatable bonds is 1. The van der Waals surface area contributed by atoms with Crippen LogP contribution >= 0.6 is 0 Å². The van der Waals surface area contributed by atoms with E-state index in [0.717, 1.165) is 17.6 Å². The molecule has 0 atom stereocenters. The van der Waals surface area contributed by atoms with Crippen molar-refractivity contribution < 1.29 is 8.42 Å². The summed E-state index contributed by atoms with van der Waals surface area (Å²) in [7, 11) is -3.18. The molecule has 0 amide bonds. The van der Waals surface area contributed by atoms with Crippen LogP contribution in [0.5, 0.6) is 0 Å². The lowest BCUT2D eigenvalue weighted by Gasteiger charge is -1.91. The summed E-state index contributed by atoms with van der Waals surface area (Å²) in [6.07, 6.45) is 1.15. The molecule has 0 aliphatic carbocycles. The van der Waals surface area contributed by atoms with Crippen LogP contribution in [0.15, 0.2) is 5.16 Å². The van der Waals surface area contributed by atoms with Crippen LogP contribution in [0.3, 0.4) is 0 Å². The minimum atomic E-state index is -3.18. The largest absolute Gasteiger partial charge is 0.331 e. The second kappa shape index (κ2) is 2.30. The second-order valence-electron chi connectivity index (χ2n) is 2.84. The molecule has 5 nitrogen and oxygen atoms in total. The lowest BCUT2D eigenvalue weighted by Crippen LogP contribution is -2.06. The highest BCUT2D eigenvalue weighted by Crippen LogP contribution is 2.14. The third-order valence-corrected chi connectivity index (χ3v) is 2.68. The van der Waals surface area contributed by atoms with E-state index in [9.17, 15) is 8.42 Å². The van der Waals surface area contributed by atoms with Gasteiger partial charge in [-0.1, -0.05) is 0 Å². The maximum Gasteiger partial charge on any atom is 0.225 e. The molecule has 1 aliphatic rings. The van der Waals surface area contributed by atoms with E-state index in [1.807, 2.05) is 0 Å². The zero-order chi connectivity index (χ0) is 8.77. The molecule has 12 heavy (non-hydrogen) atoms. The summed E-state index contributed by atoms with van der Waals surface area (Å²) >= 11 is 0. The van der Waals surface area contributed by atoms with Gasteiger partial charge in [-0.2, -0.15) is 0 Å². The van der Waals surface area contributed by atoms with E-state index in [-0.39, 0.29) is 5.16 Å². The molecule has 2 rings (SSSR count). The van der Waals surface area contributed by atoms with Gasteiger partial charge in [0, 0.05) is 19.3 Å². The minimum absolute atomic E-state index is 0.0778. The summed E-state index contributed by atoms with van der Waals surface area (Å²) in [5, 5.41) is 3.14. The SMILES string of the molecule is CS(=O)(=O)c1nc2c([nH]1)CNC2. The van der Waals surface area contributed by atoms with Crippen molar-refractivity contribution >= 4 is 9.84 Å². The van der Waals surface area contributed by atoms with Gasteiger partial charge in [-0.25, -0.2) is 13.4 Å². The van der Waals surface area contributed by atoms with Gasteiger partial charge in [-0.05, 0) is 0 Å². The van der Waals surface area contributed by atoms with Gasteiger partial charge >= 0.3 is 0 Å². The van der Waals surface area contributed by atoms with Crippen molar-refractivity contribution in [1.29, 1.82) is 0 Å². The summed E-state index contributed by atoms with van der Waals surface area (Å²) in [6.45, 7) is 1.33. The fourth-order valence-corrected chi connectivity index (χ4v) is 1.78. The summed E-state index contributed by atoms with van der Waals surface area (Å²) in [4.78, 5) is 6.73. The van der Waals surface area contributed by atoms with Crippen LogP contribution in [0.4, 0.5) is 0 Å². The first-order chi connectivity index (χ1) is 5.57. The fraction of sp³-hybridized carbons (Fsp3) is 0.500. The minimum Gasteiger partial charge on any atom is -0.331 e. The number of sulfone groups is 1. The Hall–Kier alpha value is -0.880. The van der Waals surface area contributed by atoms with E-state index < -0.39 is 9.84 Å². The van der Waals surface area contributed by atoms with Gasteiger partial charge in [0.05, 0.1) is 11.4 Å². The molecule has 0 radical (unpaired) electrons. The molecule has 1 aliphatic heterocycles. The van der Waals surface area contributed by atoms with E-state index in [2.05, 4.69) is 15.3 Å². The Morgan fingerprint density at radius 1 is 1.42 bits per heavy atom. The molecule has 2 N–H and O–H groups in total. The van der Waals surface area contributed by atoms with Crippen LogP contribution in [0, 0.1) is 0 Å². The number of nitrogens with zero attached hydrogens (tertiary/aromatic N) is 1. The molecule has 0 fully saturated rings. The van der Waals surface area contributed by atoms with E-state index in [0.29, 0.717) is 13.1 Å². The monoisotopic (exact) mass is 187 g/mol. The van der Waals surface area contributed by atoms with Crippen LogP contribution in [0.1, 0.15) is 11.4 Å². The highest BCUT2D eigenvalue weighted by Gasteiger charge is 2.19. The summed E-state index contributed by atoms with van der Waals surface area (Å²) < 4.78 is 22.0. The Bertz CT molecular complexity index is 385. The second-order valence-corrected chi connectivity index (χ2v) is 4.77. The number of hydrogen-bond acceptors (Lipinski definition) is 4. The molecule has 66 valence electrons. The van der Waals surface area contributed by atoms with Crippen LogP contribution in [-0.2, 0) is 22.9 Å². The smallest absolute Gasteiger partial charge is 0.225 e. The van der Waals surface area contributed by atoms with Crippen LogP contribution in [0.2, 0.25) is 0 Å². The molecule has 1 aromatic heterocycles. The topological polar surface area (TPSA) is 74.8 Å². The van der Waals surface area contributed by atoms with Crippen molar-refractivity contribution in [2.24, 2.45) is 0 Å². The predicted molar refractivity (Wildman–Crippen MR) is 42.2 cm³/mol. The third-order valence-electron chi connectivity index (χ3n) is 1.79. The van der Waals surface area contributed by atoms with Gasteiger partial charge < -0.3 is 10.3 Å². The van der Waals surface area contributed by atoms with E-state index in [1.165, 1.54) is 0 Å². The summed E-state index contributed by atoms with van der Waals surface area (Å²) in [5.41, 5.74) is 1.70. The summed E-state index contributed by atoms with van der Waals surface area (Å²) in [5.74, 6) is 0. The van der Waals surface area contributed by atoms with Crippen molar-refractivity contribution in [2.75, 3.05) is 6.26 Å². The molecular weight excluding hydrogens is 178 g/mol. The zero-order valence-electron chi connectivity index (χ0n) is 6.59. The maximum absolute atomic E-state index is 11.0. The molecule has 6 heteroatoms. The number of aromatic nitrogens is 2. The molecule has 0 unspecified atom stereocenters. The normalized spacial score (nSPS) is 16.4. The number of aromatic amines is 1. The molecule has 1 aromatic rings. The van der Waals surface area contributed by atoms with Gasteiger partial charge in [-0.3, -0.25) is 0 Å². The molecular formula is C6H9N3O2S. The Morgan fingerprint density at radius 3 is 2.75 bits per heavy atom. The van der Waals surface area contributed by atoms with Crippen LogP contribution < -0.4 is 5.32 Å². The molecule has 0 bridgehead atoms. The maximum atomic E-state index is 11.0. The van der Waals surface area contributed by atoms with Crippen molar-refractivity contribution in [2.45, 2.75) is 18.2 Å². The van der Waals surface area contributed by atoms with Gasteiger partial charge in [0.1, 0.15) is 0 Å². The summed E-state index contributed by atoms with van der Waals surface area (Å²) in [6, 6.07) is 0. The number of fused-ring (bicyclic) bond motifs is 1. The van der Waals surface area contributed by atoms with Gasteiger partial charge in [-0.15, -0.1) is 0 Å². The Labute approximate surface area is 70.1 Å². The Morgan fingerprint density at radius 2 is 2.17 bits per heavy atom. The Balaban J connectivity index is 2.51. The van der Waals surface area contributed by atoms with Crippen molar-refractivity contribution in [1.82, 2.24) is 15.3 Å². The lowest BCUT2D eigenvalue weighted by molar-refractivity contribution is 0.592. The van der Waals surface area contributed by atoms with Crippen molar-refractivity contribution in [3.05, 3.63) is 11.4 Å². The lowest BCUT2D eigenvalue weighted by atomic mass is 10.4. The fourth-order valence-electron chi connectivity index (χ4n) is 1.19. The van der Waals surface area contributed by atoms with Crippen LogP contribution in [0.25, 0.3) is 0 Å². The number of hydrogen-bond donors (Lipinski definition) is 2. The number of nitrogens with one attached hydrogen (secondary N) is 2. The standard InChI is InChI=1S/C6H9N3O2S/c1-12(10,11)6-8-4-2-7-3-5(4)9-6/h7H,2-3H2,1H3,(H,8,9). The van der Waals surface area contributed by atoms with Gasteiger partial charge in [0.15, 0.2) is 0 Å². The highest BCUT2D eigenvalue weighted by molar-refractivity contribution is 7.90. The first kappa shape index (κ1) is 7.75. The molecule has 0 spiro atoms. The average Bonchev–Trinajstić information content (AvgIpc) is 2.37. The van der Waals surface area contributed by atoms with Gasteiger partial charge in [0.25, 0.3) is 0 Å². The zero-order valence-corrected chi connectivity index (χ0v) is 7.40. The third kappa shape index (κ3) is 1.12. The first-order valence-corrected chi connectivity index (χ1v) is 5.45.